The number of guanidine groups is 1. The van der Waals surface area contributed by atoms with E-state index in [9.17, 15) is 23.1 Å². The van der Waals surface area contributed by atoms with Crippen LogP contribution in [0, 0.1) is 5.92 Å². The number of amides is 1. The molecule has 0 saturated heterocycles. The standard InChI is InChI=1S/C21H23F3N4O2/c22-21(23,24)16-11-9-15(10-12-16)19(30)28-20(25-13-14-5-2-1-3-6-14)27-17-7-4-8-18(29)26-17/h4,7-12,14H,1-3,5-6,13H2,(H3,25,26,27,28,29,30). The Kier molecular flexibility index (Phi) is 6.91. The smallest absolute Gasteiger partial charge is 0.416 e. The molecule has 0 aliphatic heterocycles. The molecule has 0 bridgehead atoms. The zero-order chi connectivity index (χ0) is 21.6. The van der Waals surface area contributed by atoms with E-state index in [0.29, 0.717) is 12.5 Å². The number of carbonyl (C=O) groups excluding carboxylic acids is 1. The predicted octanol–water partition coefficient (Wildman–Crippen LogP) is 4.58. The fraction of sp³-hybridized carbons (Fsp3) is 0.381. The maximum absolute atomic E-state index is 12.7. The molecule has 9 heteroatoms. The van der Waals surface area contributed by atoms with Crippen LogP contribution in [0.15, 0.2) is 47.5 Å². The van der Waals surface area contributed by atoms with Gasteiger partial charge >= 0.3 is 6.18 Å². The van der Waals surface area contributed by atoms with Crippen LogP contribution in [-0.4, -0.2) is 28.5 Å². The van der Waals surface area contributed by atoms with E-state index in [4.69, 9.17) is 0 Å². The van der Waals surface area contributed by atoms with E-state index < -0.39 is 17.6 Å². The van der Waals surface area contributed by atoms with Crippen molar-refractivity contribution in [3.63, 3.8) is 0 Å². The first kappa shape index (κ1) is 21.6. The van der Waals surface area contributed by atoms with E-state index in [1.807, 2.05) is 0 Å². The number of aromatic hydroxyl groups is 1. The number of halogens is 3. The second kappa shape index (κ2) is 9.60. The van der Waals surface area contributed by atoms with Crippen molar-refractivity contribution in [2.45, 2.75) is 38.3 Å². The van der Waals surface area contributed by atoms with Crippen LogP contribution in [-0.2, 0) is 6.18 Å². The van der Waals surface area contributed by atoms with Crippen molar-refractivity contribution >= 4 is 17.7 Å². The summed E-state index contributed by atoms with van der Waals surface area (Å²) < 4.78 is 38.2. The van der Waals surface area contributed by atoms with Gasteiger partial charge in [-0.25, -0.2) is 0 Å². The van der Waals surface area contributed by atoms with Crippen molar-refractivity contribution in [2.75, 3.05) is 11.9 Å². The molecule has 2 aromatic rings. The Balaban J connectivity index is 1.76. The first-order chi connectivity index (χ1) is 14.3. The average Bonchev–Trinajstić information content (AvgIpc) is 2.72. The molecule has 3 rings (SSSR count). The normalized spacial score (nSPS) is 15.6. The molecule has 1 aliphatic rings. The third-order valence-corrected chi connectivity index (χ3v) is 4.94. The summed E-state index contributed by atoms with van der Waals surface area (Å²) in [5.74, 6) is -0.0269. The van der Waals surface area contributed by atoms with Gasteiger partial charge in [0.2, 0.25) is 11.8 Å². The summed E-state index contributed by atoms with van der Waals surface area (Å²) in [6.45, 7) is 0.602. The van der Waals surface area contributed by atoms with Gasteiger partial charge in [0.15, 0.2) is 0 Å². The van der Waals surface area contributed by atoms with Crippen molar-refractivity contribution in [3.05, 3.63) is 53.6 Å². The fourth-order valence-corrected chi connectivity index (χ4v) is 3.33. The largest absolute Gasteiger partial charge is 0.493 e. The Labute approximate surface area is 172 Å². The zero-order valence-corrected chi connectivity index (χ0v) is 16.2. The van der Waals surface area contributed by atoms with Crippen LogP contribution in [0.3, 0.4) is 0 Å². The molecular weight excluding hydrogens is 397 g/mol. The second-order valence-electron chi connectivity index (χ2n) is 7.23. The van der Waals surface area contributed by atoms with Gasteiger partial charge in [-0.15, -0.1) is 0 Å². The van der Waals surface area contributed by atoms with Crippen LogP contribution in [0.4, 0.5) is 19.0 Å². The molecule has 30 heavy (non-hydrogen) atoms. The van der Waals surface area contributed by atoms with Gasteiger partial charge in [-0.05, 0) is 49.1 Å². The van der Waals surface area contributed by atoms with E-state index in [1.165, 1.54) is 12.5 Å². The second-order valence-corrected chi connectivity index (χ2v) is 7.23. The molecule has 6 nitrogen and oxygen atoms in total. The molecule has 1 fully saturated rings. The molecule has 1 aliphatic carbocycles. The molecule has 0 radical (unpaired) electrons. The number of aliphatic imine (C=N–C) groups is 1. The number of alkyl halides is 3. The number of hydrogen-bond acceptors (Lipinski definition) is 3. The quantitative estimate of drug-likeness (QED) is 0.498. The molecule has 0 atom stereocenters. The summed E-state index contributed by atoms with van der Waals surface area (Å²) in [4.78, 5) is 20.4. The van der Waals surface area contributed by atoms with Crippen molar-refractivity contribution in [1.82, 2.24) is 10.3 Å². The minimum Gasteiger partial charge on any atom is -0.493 e. The topological polar surface area (TPSA) is 86.6 Å². The van der Waals surface area contributed by atoms with E-state index in [-0.39, 0.29) is 23.2 Å². The number of hydrogen-bond donors (Lipinski definition) is 3. The van der Waals surface area contributed by atoms with E-state index >= 15 is 0 Å². The highest BCUT2D eigenvalue weighted by Gasteiger charge is 2.30. The SMILES string of the molecule is O=C(/N=C(/NCC1CCCCC1)Nc1cccc(O)n1)c1ccc(C(F)(F)F)cc1. The zero-order valence-electron chi connectivity index (χ0n) is 16.2. The number of rotatable bonds is 4. The highest BCUT2D eigenvalue weighted by Crippen LogP contribution is 2.29. The molecule has 0 spiro atoms. The van der Waals surface area contributed by atoms with Gasteiger partial charge in [0.05, 0.1) is 5.56 Å². The van der Waals surface area contributed by atoms with E-state index in [0.717, 1.165) is 49.9 Å². The summed E-state index contributed by atoms with van der Waals surface area (Å²) in [5.41, 5.74) is -0.800. The molecule has 1 saturated carbocycles. The van der Waals surface area contributed by atoms with Crippen LogP contribution in [0.2, 0.25) is 0 Å². The van der Waals surface area contributed by atoms with Crippen LogP contribution >= 0.6 is 0 Å². The molecule has 1 aromatic carbocycles. The number of benzene rings is 1. The number of pyridine rings is 1. The summed E-state index contributed by atoms with van der Waals surface area (Å²) in [5, 5.41) is 15.5. The van der Waals surface area contributed by atoms with Gasteiger partial charge in [-0.1, -0.05) is 25.3 Å². The monoisotopic (exact) mass is 420 g/mol. The lowest BCUT2D eigenvalue weighted by Crippen LogP contribution is -2.36. The van der Waals surface area contributed by atoms with Gasteiger partial charge in [0.1, 0.15) is 5.82 Å². The van der Waals surface area contributed by atoms with Crippen molar-refractivity contribution in [3.8, 4) is 5.88 Å². The Morgan fingerprint density at radius 3 is 2.43 bits per heavy atom. The van der Waals surface area contributed by atoms with Crippen molar-refractivity contribution in [1.29, 1.82) is 0 Å². The minimum absolute atomic E-state index is 0.0330. The number of anilines is 1. The molecule has 0 unspecified atom stereocenters. The summed E-state index contributed by atoms with van der Waals surface area (Å²) in [7, 11) is 0. The molecular formula is C21H23F3N4O2. The number of aromatic nitrogens is 1. The predicted molar refractivity (Wildman–Crippen MR) is 107 cm³/mol. The Bertz CT molecular complexity index is 892. The van der Waals surface area contributed by atoms with Crippen molar-refractivity contribution < 1.29 is 23.1 Å². The molecule has 3 N–H and O–H groups in total. The Morgan fingerprint density at radius 1 is 1.10 bits per heavy atom. The van der Waals surface area contributed by atoms with Gasteiger partial charge in [0.25, 0.3) is 5.91 Å². The van der Waals surface area contributed by atoms with E-state index in [1.54, 1.807) is 12.1 Å². The first-order valence-electron chi connectivity index (χ1n) is 9.78. The highest BCUT2D eigenvalue weighted by molar-refractivity contribution is 6.06. The maximum atomic E-state index is 12.7. The third-order valence-electron chi connectivity index (χ3n) is 4.94. The third kappa shape index (κ3) is 6.20. The lowest BCUT2D eigenvalue weighted by Gasteiger charge is -2.22. The number of nitrogens with zero attached hydrogens (tertiary/aromatic N) is 2. The summed E-state index contributed by atoms with van der Waals surface area (Å²) >= 11 is 0. The summed E-state index contributed by atoms with van der Waals surface area (Å²) in [6.07, 6.45) is 1.22. The Morgan fingerprint density at radius 2 is 1.80 bits per heavy atom. The molecule has 1 aromatic heterocycles. The lowest BCUT2D eigenvalue weighted by atomic mass is 9.89. The van der Waals surface area contributed by atoms with Crippen LogP contribution in [0.25, 0.3) is 0 Å². The van der Waals surface area contributed by atoms with Gasteiger partial charge in [-0.2, -0.15) is 23.1 Å². The van der Waals surface area contributed by atoms with Crippen molar-refractivity contribution in [2.24, 2.45) is 10.9 Å². The fourth-order valence-electron chi connectivity index (χ4n) is 3.33. The van der Waals surface area contributed by atoms with Crippen LogP contribution in [0.5, 0.6) is 5.88 Å². The maximum Gasteiger partial charge on any atom is 0.416 e. The van der Waals surface area contributed by atoms with Gasteiger partial charge < -0.3 is 15.7 Å². The van der Waals surface area contributed by atoms with E-state index in [2.05, 4.69) is 20.6 Å². The number of carbonyl (C=O) groups is 1. The Hall–Kier alpha value is -3.10. The minimum atomic E-state index is -4.47. The molecule has 1 heterocycles. The molecule has 160 valence electrons. The number of nitrogens with one attached hydrogen (secondary N) is 2. The van der Waals surface area contributed by atoms with Crippen LogP contribution < -0.4 is 10.6 Å². The first-order valence-corrected chi connectivity index (χ1v) is 9.78. The molecule has 1 amide bonds. The van der Waals surface area contributed by atoms with Gasteiger partial charge in [0, 0.05) is 18.2 Å². The lowest BCUT2D eigenvalue weighted by molar-refractivity contribution is -0.137. The highest BCUT2D eigenvalue weighted by atomic mass is 19.4. The van der Waals surface area contributed by atoms with Crippen LogP contribution in [0.1, 0.15) is 48.0 Å². The summed E-state index contributed by atoms with van der Waals surface area (Å²) in [6, 6.07) is 8.48. The average molecular weight is 420 g/mol. The van der Waals surface area contributed by atoms with Gasteiger partial charge in [-0.3, -0.25) is 4.79 Å².